The van der Waals surface area contributed by atoms with E-state index in [1.54, 1.807) is 29.2 Å². The van der Waals surface area contributed by atoms with Gasteiger partial charge in [0.05, 0.1) is 17.5 Å². The SMILES string of the molecule is Cc1cccc(N(CCCC(=O)N2CCN(c3cccc(C(F)(F)F)c3)CC2)S(C)(=O)=O)c1. The predicted octanol–water partition coefficient (Wildman–Crippen LogP) is 3.91. The number of carbonyl (C=O) groups is 1. The van der Waals surface area contributed by atoms with Gasteiger partial charge in [0, 0.05) is 44.8 Å². The van der Waals surface area contributed by atoms with E-state index in [0.29, 0.717) is 44.0 Å². The van der Waals surface area contributed by atoms with E-state index < -0.39 is 21.8 Å². The fourth-order valence-corrected chi connectivity index (χ4v) is 4.85. The van der Waals surface area contributed by atoms with E-state index in [1.165, 1.54) is 10.4 Å². The molecule has 2 aromatic rings. The average Bonchev–Trinajstić information content (AvgIpc) is 2.75. The van der Waals surface area contributed by atoms with E-state index in [2.05, 4.69) is 0 Å². The van der Waals surface area contributed by atoms with Gasteiger partial charge in [-0.15, -0.1) is 0 Å². The number of nitrogens with zero attached hydrogens (tertiary/aromatic N) is 3. The van der Waals surface area contributed by atoms with Crippen molar-refractivity contribution in [1.82, 2.24) is 4.90 Å². The fraction of sp³-hybridized carbons (Fsp3) is 0.435. The summed E-state index contributed by atoms with van der Waals surface area (Å²) in [6.45, 7) is 3.76. The quantitative estimate of drug-likeness (QED) is 0.599. The Bertz CT molecular complexity index is 1080. The summed E-state index contributed by atoms with van der Waals surface area (Å²) < 4.78 is 64.7. The van der Waals surface area contributed by atoms with Crippen molar-refractivity contribution in [3.05, 3.63) is 59.7 Å². The van der Waals surface area contributed by atoms with Gasteiger partial charge < -0.3 is 9.80 Å². The second-order valence-electron chi connectivity index (χ2n) is 8.19. The highest BCUT2D eigenvalue weighted by Gasteiger charge is 2.31. The molecule has 0 aliphatic carbocycles. The van der Waals surface area contributed by atoms with Crippen LogP contribution >= 0.6 is 0 Å². The summed E-state index contributed by atoms with van der Waals surface area (Å²) in [5.74, 6) is -0.0867. The summed E-state index contributed by atoms with van der Waals surface area (Å²) in [6, 6.07) is 12.4. The van der Waals surface area contributed by atoms with Crippen molar-refractivity contribution in [2.45, 2.75) is 25.9 Å². The van der Waals surface area contributed by atoms with Crippen molar-refractivity contribution < 1.29 is 26.4 Å². The molecular weight excluding hydrogens is 455 g/mol. The molecule has 6 nitrogen and oxygen atoms in total. The molecule has 33 heavy (non-hydrogen) atoms. The topological polar surface area (TPSA) is 60.9 Å². The average molecular weight is 484 g/mol. The number of alkyl halides is 3. The Kier molecular flexibility index (Phi) is 7.56. The third-order valence-electron chi connectivity index (χ3n) is 5.61. The van der Waals surface area contributed by atoms with Crippen LogP contribution in [0.25, 0.3) is 0 Å². The molecule has 0 atom stereocenters. The number of aryl methyl sites for hydroxylation is 1. The fourth-order valence-electron chi connectivity index (χ4n) is 3.89. The summed E-state index contributed by atoms with van der Waals surface area (Å²) >= 11 is 0. The van der Waals surface area contributed by atoms with Gasteiger partial charge >= 0.3 is 6.18 Å². The van der Waals surface area contributed by atoms with Crippen LogP contribution in [0.2, 0.25) is 0 Å². The molecule has 0 unspecified atom stereocenters. The largest absolute Gasteiger partial charge is 0.416 e. The van der Waals surface area contributed by atoms with Crippen LogP contribution in [0.4, 0.5) is 24.5 Å². The molecule has 3 rings (SSSR count). The monoisotopic (exact) mass is 483 g/mol. The minimum atomic E-state index is -4.40. The van der Waals surface area contributed by atoms with Crippen LogP contribution in [0.15, 0.2) is 48.5 Å². The molecule has 0 aromatic heterocycles. The predicted molar refractivity (Wildman–Crippen MR) is 123 cm³/mol. The molecule has 180 valence electrons. The molecule has 0 bridgehead atoms. The maximum atomic E-state index is 13.0. The Hall–Kier alpha value is -2.75. The van der Waals surface area contributed by atoms with Crippen LogP contribution in [0.5, 0.6) is 0 Å². The van der Waals surface area contributed by atoms with Crippen molar-refractivity contribution in [3.8, 4) is 0 Å². The number of carbonyl (C=O) groups excluding carboxylic acids is 1. The highest BCUT2D eigenvalue weighted by atomic mass is 32.2. The number of piperazine rings is 1. The number of halogens is 3. The lowest BCUT2D eigenvalue weighted by atomic mass is 10.1. The molecule has 1 aliphatic rings. The van der Waals surface area contributed by atoms with Gasteiger partial charge in [-0.05, 0) is 49.2 Å². The van der Waals surface area contributed by atoms with Gasteiger partial charge in [-0.25, -0.2) is 8.42 Å². The molecule has 0 N–H and O–H groups in total. The smallest absolute Gasteiger partial charge is 0.368 e. The van der Waals surface area contributed by atoms with Gasteiger partial charge in [-0.3, -0.25) is 9.10 Å². The number of hydrogen-bond acceptors (Lipinski definition) is 4. The third kappa shape index (κ3) is 6.63. The second-order valence-corrected chi connectivity index (χ2v) is 10.1. The molecule has 1 fully saturated rings. The van der Waals surface area contributed by atoms with Gasteiger partial charge in [0.15, 0.2) is 0 Å². The van der Waals surface area contributed by atoms with Gasteiger partial charge in [0.2, 0.25) is 15.9 Å². The second kappa shape index (κ2) is 10.0. The first kappa shape index (κ1) is 24.9. The minimum absolute atomic E-state index is 0.0867. The van der Waals surface area contributed by atoms with Gasteiger partial charge in [0.25, 0.3) is 0 Å². The first-order chi connectivity index (χ1) is 15.4. The number of sulfonamides is 1. The summed E-state index contributed by atoms with van der Waals surface area (Å²) in [7, 11) is -3.49. The van der Waals surface area contributed by atoms with E-state index in [0.717, 1.165) is 24.0 Å². The molecule has 0 spiro atoms. The molecule has 1 saturated heterocycles. The zero-order chi connectivity index (χ0) is 24.2. The van der Waals surface area contributed by atoms with Crippen molar-refractivity contribution in [2.24, 2.45) is 0 Å². The van der Waals surface area contributed by atoms with Gasteiger partial charge in [0.1, 0.15) is 0 Å². The lowest BCUT2D eigenvalue weighted by Crippen LogP contribution is -2.49. The molecule has 1 aliphatic heterocycles. The number of hydrogen-bond donors (Lipinski definition) is 0. The first-order valence-corrected chi connectivity index (χ1v) is 12.5. The van der Waals surface area contributed by atoms with Crippen LogP contribution in [0.1, 0.15) is 24.0 Å². The lowest BCUT2D eigenvalue weighted by Gasteiger charge is -2.36. The summed E-state index contributed by atoms with van der Waals surface area (Å²) in [5, 5.41) is 0. The number of benzene rings is 2. The van der Waals surface area contributed by atoms with Crippen molar-refractivity contribution in [2.75, 3.05) is 48.2 Å². The maximum absolute atomic E-state index is 13.0. The van der Waals surface area contributed by atoms with Crippen LogP contribution in [-0.2, 0) is 21.0 Å². The molecule has 0 radical (unpaired) electrons. The summed E-state index contributed by atoms with van der Waals surface area (Å²) in [4.78, 5) is 16.2. The number of amides is 1. The van der Waals surface area contributed by atoms with E-state index in [1.807, 2.05) is 17.9 Å². The first-order valence-electron chi connectivity index (χ1n) is 10.7. The third-order valence-corrected chi connectivity index (χ3v) is 6.81. The Morgan fingerprint density at radius 1 is 1.03 bits per heavy atom. The van der Waals surface area contributed by atoms with Gasteiger partial charge in [-0.1, -0.05) is 18.2 Å². The number of rotatable bonds is 7. The zero-order valence-electron chi connectivity index (χ0n) is 18.7. The molecular formula is C23H28F3N3O3S. The van der Waals surface area contributed by atoms with E-state index in [-0.39, 0.29) is 18.9 Å². The standard InChI is InChI=1S/C23H28F3N3O3S/c1-18-6-3-9-21(16-18)29(33(2,31)32)11-5-10-22(30)28-14-12-27(13-15-28)20-8-4-7-19(17-20)23(24,25)26/h3-4,6-9,16-17H,5,10-15H2,1-2H3. The molecule has 1 heterocycles. The molecule has 0 saturated carbocycles. The van der Waals surface area contributed by atoms with Crippen LogP contribution in [0, 0.1) is 6.92 Å². The Morgan fingerprint density at radius 2 is 1.70 bits per heavy atom. The zero-order valence-corrected chi connectivity index (χ0v) is 19.5. The van der Waals surface area contributed by atoms with Crippen LogP contribution < -0.4 is 9.21 Å². The number of anilines is 2. The maximum Gasteiger partial charge on any atom is 0.416 e. The summed E-state index contributed by atoms with van der Waals surface area (Å²) in [6.07, 6.45) is -2.69. The Labute approximate surface area is 192 Å². The van der Waals surface area contributed by atoms with Crippen molar-refractivity contribution >= 4 is 27.3 Å². The minimum Gasteiger partial charge on any atom is -0.368 e. The highest BCUT2D eigenvalue weighted by molar-refractivity contribution is 7.92. The van der Waals surface area contributed by atoms with E-state index >= 15 is 0 Å². The summed E-state index contributed by atoms with van der Waals surface area (Å²) in [5.41, 5.74) is 1.30. The Morgan fingerprint density at radius 3 is 2.30 bits per heavy atom. The van der Waals surface area contributed by atoms with Gasteiger partial charge in [-0.2, -0.15) is 13.2 Å². The van der Waals surface area contributed by atoms with Crippen molar-refractivity contribution in [3.63, 3.8) is 0 Å². The lowest BCUT2D eigenvalue weighted by molar-refractivity contribution is -0.137. The van der Waals surface area contributed by atoms with Crippen LogP contribution in [0.3, 0.4) is 0 Å². The molecule has 10 heteroatoms. The Balaban J connectivity index is 1.53. The highest BCUT2D eigenvalue weighted by Crippen LogP contribution is 2.32. The van der Waals surface area contributed by atoms with Crippen molar-refractivity contribution in [1.29, 1.82) is 0 Å². The van der Waals surface area contributed by atoms with Crippen LogP contribution in [-0.4, -0.2) is 58.2 Å². The van der Waals surface area contributed by atoms with E-state index in [4.69, 9.17) is 0 Å². The molecule has 1 amide bonds. The van der Waals surface area contributed by atoms with E-state index in [9.17, 15) is 26.4 Å². The normalized spacial score (nSPS) is 14.9. The molecule has 2 aromatic carbocycles.